The molecule has 0 radical (unpaired) electrons. The Morgan fingerprint density at radius 1 is 0.702 bits per heavy atom. The van der Waals surface area contributed by atoms with Crippen LogP contribution in [0.1, 0.15) is 110 Å². The molecular formula is C51H60BN2O2P. The van der Waals surface area contributed by atoms with Crippen LogP contribution in [0.25, 0.3) is 10.8 Å². The van der Waals surface area contributed by atoms with Gasteiger partial charge in [-0.05, 0) is 153 Å². The number of hydrogen-bond acceptors (Lipinski definition) is 4. The maximum Gasteiger partial charge on any atom is 0.415 e. The zero-order valence-corrected chi connectivity index (χ0v) is 35.6. The Bertz CT molecular complexity index is 2210. The van der Waals surface area contributed by atoms with Gasteiger partial charge in [-0.1, -0.05) is 123 Å². The van der Waals surface area contributed by atoms with Gasteiger partial charge < -0.3 is 14.1 Å². The van der Waals surface area contributed by atoms with Gasteiger partial charge in [-0.25, -0.2) is 0 Å². The summed E-state index contributed by atoms with van der Waals surface area (Å²) in [4.78, 5) is 16.4. The zero-order valence-electron chi connectivity index (χ0n) is 34.7. The minimum Gasteiger partial charge on any atom is -0.469 e. The molecule has 0 saturated heterocycles. The summed E-state index contributed by atoms with van der Waals surface area (Å²) in [6, 6.07) is 36.5. The summed E-state index contributed by atoms with van der Waals surface area (Å²) >= 11 is 0. The van der Waals surface area contributed by atoms with Crippen molar-refractivity contribution in [2.45, 2.75) is 129 Å². The number of aryl methyl sites for hydroxylation is 1. The van der Waals surface area contributed by atoms with Crippen LogP contribution in [0.4, 0.5) is 11.4 Å². The minimum atomic E-state index is -0.563. The molecule has 3 aliphatic carbocycles. The molecular weight excluding hydrogens is 714 g/mol. The first kappa shape index (κ1) is 38.4. The van der Waals surface area contributed by atoms with Crippen LogP contribution >= 0.6 is 8.07 Å². The van der Waals surface area contributed by atoms with E-state index in [2.05, 4.69) is 127 Å². The van der Waals surface area contributed by atoms with Crippen LogP contribution in [0.15, 0.2) is 97.1 Å². The number of carbonyl (C=O) groups is 1. The summed E-state index contributed by atoms with van der Waals surface area (Å²) in [5.74, 6) is -0.0893. The fourth-order valence-electron chi connectivity index (χ4n) is 11.5. The van der Waals surface area contributed by atoms with E-state index in [1.165, 1.54) is 131 Å². The first-order chi connectivity index (χ1) is 27.9. The molecule has 57 heavy (non-hydrogen) atoms. The van der Waals surface area contributed by atoms with Crippen molar-refractivity contribution in [2.24, 2.45) is 5.41 Å². The van der Waals surface area contributed by atoms with E-state index in [9.17, 15) is 4.79 Å². The molecule has 1 atom stereocenters. The SMILES string of the molecule is COC(=O)C1(C)Cc2c(C)c(CCc3ccccc3)c(B3N(Cc4ccccc4)c4cccc5cccc(c45)N3P(C3CCCCC3)C3CCCCC3)c(C)c2C1. The fraction of sp³-hybridized carbons (Fsp3) is 0.431. The number of hydrogen-bond donors (Lipinski definition) is 0. The number of ether oxygens (including phenoxy) is 1. The topological polar surface area (TPSA) is 32.8 Å². The van der Waals surface area contributed by atoms with Crippen molar-refractivity contribution in [1.29, 1.82) is 0 Å². The Morgan fingerprint density at radius 3 is 1.86 bits per heavy atom. The van der Waals surface area contributed by atoms with Gasteiger partial charge in [-0.15, -0.1) is 0 Å². The molecule has 4 nitrogen and oxygen atoms in total. The fourth-order valence-corrected chi connectivity index (χ4v) is 15.5. The van der Waals surface area contributed by atoms with Gasteiger partial charge in [0.25, 0.3) is 0 Å². The van der Waals surface area contributed by atoms with Crippen LogP contribution in [0.5, 0.6) is 0 Å². The van der Waals surface area contributed by atoms with Crippen molar-refractivity contribution >= 4 is 48.6 Å². The normalized spacial score (nSPS) is 20.1. The molecule has 2 saturated carbocycles. The van der Waals surface area contributed by atoms with Crippen LogP contribution in [0, 0.1) is 19.3 Å². The molecule has 9 rings (SSSR count). The summed E-state index contributed by atoms with van der Waals surface area (Å²) in [6.45, 7) is 7.81. The van der Waals surface area contributed by atoms with Gasteiger partial charge in [-0.2, -0.15) is 0 Å². The highest BCUT2D eigenvalue weighted by Gasteiger charge is 2.50. The molecule has 0 bridgehead atoms. The monoisotopic (exact) mass is 774 g/mol. The largest absolute Gasteiger partial charge is 0.469 e. The number of rotatable bonds is 10. The van der Waals surface area contributed by atoms with Gasteiger partial charge in [-0.3, -0.25) is 4.79 Å². The highest BCUT2D eigenvalue weighted by molar-refractivity contribution is 7.63. The molecule has 0 amide bonds. The maximum atomic E-state index is 13.6. The average Bonchev–Trinajstić information content (AvgIpc) is 3.64. The lowest BCUT2D eigenvalue weighted by Crippen LogP contribution is -2.63. The number of esters is 1. The third-order valence-corrected chi connectivity index (χ3v) is 17.8. The highest BCUT2D eigenvalue weighted by atomic mass is 31.1. The molecule has 5 aromatic carbocycles. The lowest BCUT2D eigenvalue weighted by Gasteiger charge is -2.54. The molecule has 0 spiro atoms. The average molecular weight is 775 g/mol. The quantitative estimate of drug-likeness (QED) is 0.0804. The second-order valence-electron chi connectivity index (χ2n) is 17.9. The second kappa shape index (κ2) is 16.3. The van der Waals surface area contributed by atoms with Gasteiger partial charge in [0, 0.05) is 23.3 Å². The van der Waals surface area contributed by atoms with E-state index in [0.717, 1.165) is 43.5 Å². The van der Waals surface area contributed by atoms with Crippen LogP contribution in [-0.4, -0.2) is 31.4 Å². The van der Waals surface area contributed by atoms with Crippen molar-refractivity contribution in [1.82, 2.24) is 0 Å². The second-order valence-corrected chi connectivity index (χ2v) is 20.6. The number of methoxy groups -OCH3 is 1. The molecule has 1 heterocycles. The van der Waals surface area contributed by atoms with E-state index in [0.29, 0.717) is 0 Å². The van der Waals surface area contributed by atoms with Gasteiger partial charge in [0.2, 0.25) is 0 Å². The Hall–Kier alpha value is -4.08. The summed E-state index contributed by atoms with van der Waals surface area (Å²) in [5, 5.41) is 2.76. The van der Waals surface area contributed by atoms with Crippen LogP contribution in [0.3, 0.4) is 0 Å². The van der Waals surface area contributed by atoms with Crippen molar-refractivity contribution in [2.75, 3.05) is 16.5 Å². The summed E-state index contributed by atoms with van der Waals surface area (Å²) in [6.07, 6.45) is 17.0. The number of anilines is 2. The first-order valence-corrected chi connectivity index (χ1v) is 23.5. The standard InChI is InChI=1S/C51H60BN2O2P/c1-36-43(32-31-38-19-9-5-10-20-38)49(37(2)45-34-51(3,33-44(36)45)50(55)56-4)52-53(35-39-21-11-6-12-22-39)46-29-17-23-40-24-18-30-47(48(40)46)54(52)57(41-25-13-7-14-26-41)42-27-15-8-16-28-42/h5-6,9-12,17-24,29-30,41-42H,7-8,13-16,25-28,31-35H2,1-4H3. The molecule has 2 fully saturated rings. The Labute approximate surface area is 343 Å². The Kier molecular flexibility index (Phi) is 11.0. The lowest BCUT2D eigenvalue weighted by molar-refractivity contribution is -0.151. The molecule has 4 aliphatic rings. The molecule has 294 valence electrons. The minimum absolute atomic E-state index is 0.0282. The Morgan fingerprint density at radius 2 is 1.26 bits per heavy atom. The van der Waals surface area contributed by atoms with E-state index < -0.39 is 13.5 Å². The summed E-state index contributed by atoms with van der Waals surface area (Å²) in [7, 11) is 1.02. The van der Waals surface area contributed by atoms with Crippen LogP contribution < -0.4 is 14.9 Å². The zero-order chi connectivity index (χ0) is 39.1. The molecule has 0 aromatic heterocycles. The van der Waals surface area contributed by atoms with Crippen molar-refractivity contribution in [3.05, 3.63) is 136 Å². The molecule has 5 aromatic rings. The maximum absolute atomic E-state index is 13.6. The predicted molar refractivity (Wildman–Crippen MR) is 242 cm³/mol. The van der Waals surface area contributed by atoms with Gasteiger partial charge >= 0.3 is 13.0 Å². The number of fused-ring (bicyclic) bond motifs is 1. The van der Waals surface area contributed by atoms with Crippen molar-refractivity contribution < 1.29 is 9.53 Å². The summed E-state index contributed by atoms with van der Waals surface area (Å²) in [5.41, 5.74) is 15.0. The van der Waals surface area contributed by atoms with Gasteiger partial charge in [0.05, 0.1) is 12.5 Å². The molecule has 0 N–H and O–H groups in total. The molecule has 1 aliphatic heterocycles. The predicted octanol–water partition coefficient (Wildman–Crippen LogP) is 11.8. The van der Waals surface area contributed by atoms with Crippen LogP contribution in [-0.2, 0) is 41.8 Å². The number of nitrogens with zero attached hydrogens (tertiary/aromatic N) is 2. The van der Waals surface area contributed by atoms with Crippen molar-refractivity contribution in [3.8, 4) is 0 Å². The third-order valence-electron chi connectivity index (χ3n) is 14.3. The number of benzene rings is 5. The molecule has 1 unspecified atom stereocenters. The van der Waals surface area contributed by atoms with Gasteiger partial charge in [0.15, 0.2) is 0 Å². The lowest BCUT2D eigenvalue weighted by atomic mass is 9.58. The van der Waals surface area contributed by atoms with E-state index >= 15 is 0 Å². The van der Waals surface area contributed by atoms with Crippen LogP contribution in [0.2, 0.25) is 0 Å². The van der Waals surface area contributed by atoms with E-state index in [-0.39, 0.29) is 13.0 Å². The highest BCUT2D eigenvalue weighted by Crippen LogP contribution is 2.62. The Balaban J connectivity index is 1.33. The first-order valence-electron chi connectivity index (χ1n) is 22.0. The van der Waals surface area contributed by atoms with Gasteiger partial charge in [0.1, 0.15) is 0 Å². The van der Waals surface area contributed by atoms with E-state index in [1.54, 1.807) is 7.11 Å². The number of carbonyl (C=O) groups excluding carboxylic acids is 1. The van der Waals surface area contributed by atoms with E-state index in [4.69, 9.17) is 4.74 Å². The summed E-state index contributed by atoms with van der Waals surface area (Å²) < 4.78 is 8.62. The third kappa shape index (κ3) is 7.11. The molecule has 6 heteroatoms. The van der Waals surface area contributed by atoms with E-state index in [1.807, 2.05) is 0 Å². The van der Waals surface area contributed by atoms with Crippen molar-refractivity contribution in [3.63, 3.8) is 0 Å². The smallest absolute Gasteiger partial charge is 0.415 e.